The number of rotatable bonds is 6. The summed E-state index contributed by atoms with van der Waals surface area (Å²) < 4.78 is 32.9. The van der Waals surface area contributed by atoms with Crippen molar-refractivity contribution in [1.82, 2.24) is 14.2 Å². The molecule has 0 spiro atoms. The van der Waals surface area contributed by atoms with E-state index in [1.165, 1.54) is 22.6 Å². The molecule has 10 heteroatoms. The van der Waals surface area contributed by atoms with Gasteiger partial charge in [-0.05, 0) is 29.8 Å². The van der Waals surface area contributed by atoms with Gasteiger partial charge in [0.1, 0.15) is 11.4 Å². The van der Waals surface area contributed by atoms with Crippen LogP contribution >= 0.6 is 11.6 Å². The van der Waals surface area contributed by atoms with Crippen LogP contribution in [0.5, 0.6) is 0 Å². The molecule has 150 valence electrons. The average Bonchev–Trinajstić information content (AvgIpc) is 2.69. The van der Waals surface area contributed by atoms with Gasteiger partial charge in [-0.3, -0.25) is 9.59 Å². The maximum atomic E-state index is 12.7. The van der Waals surface area contributed by atoms with Crippen LogP contribution in [-0.4, -0.2) is 49.5 Å². The van der Waals surface area contributed by atoms with Crippen LogP contribution in [-0.2, 0) is 32.6 Å². The summed E-state index contributed by atoms with van der Waals surface area (Å²) in [5.41, 5.74) is 0.129. The van der Waals surface area contributed by atoms with E-state index in [1.807, 2.05) is 0 Å². The zero-order valence-electron chi connectivity index (χ0n) is 15.0. The SMILES string of the molecule is O=C(Cn1cccc(S(=O)(=O)N2CCOCC2)c1=O)NCc1ccc(Cl)cc1. The van der Waals surface area contributed by atoms with Gasteiger partial charge in [0.2, 0.25) is 15.9 Å². The van der Waals surface area contributed by atoms with E-state index in [2.05, 4.69) is 5.32 Å². The molecular formula is C18H20ClN3O5S. The number of hydrogen-bond donors (Lipinski definition) is 1. The van der Waals surface area contributed by atoms with Gasteiger partial charge in [0, 0.05) is 30.9 Å². The smallest absolute Gasteiger partial charge is 0.271 e. The molecule has 1 saturated heterocycles. The van der Waals surface area contributed by atoms with Crippen LogP contribution in [0.15, 0.2) is 52.3 Å². The van der Waals surface area contributed by atoms with E-state index in [-0.39, 0.29) is 44.3 Å². The molecule has 0 unspecified atom stereocenters. The Labute approximate surface area is 167 Å². The minimum absolute atomic E-state index is 0.193. The lowest BCUT2D eigenvalue weighted by atomic mass is 10.2. The minimum atomic E-state index is -3.93. The lowest BCUT2D eigenvalue weighted by Gasteiger charge is -2.25. The number of ether oxygens (including phenoxy) is 1. The Bertz CT molecular complexity index is 999. The fraction of sp³-hybridized carbons (Fsp3) is 0.333. The summed E-state index contributed by atoms with van der Waals surface area (Å²) in [6.07, 6.45) is 1.39. The van der Waals surface area contributed by atoms with Crippen molar-refractivity contribution in [3.63, 3.8) is 0 Å². The van der Waals surface area contributed by atoms with Crippen LogP contribution in [0.2, 0.25) is 5.02 Å². The Morgan fingerprint density at radius 3 is 2.50 bits per heavy atom. The van der Waals surface area contributed by atoms with Crippen molar-refractivity contribution in [3.05, 3.63) is 63.5 Å². The van der Waals surface area contributed by atoms with Gasteiger partial charge in [0.15, 0.2) is 0 Å². The molecule has 28 heavy (non-hydrogen) atoms. The number of benzene rings is 1. The number of nitrogens with one attached hydrogen (secondary N) is 1. The Morgan fingerprint density at radius 2 is 1.82 bits per heavy atom. The number of pyridine rings is 1. The Balaban J connectivity index is 1.71. The Morgan fingerprint density at radius 1 is 1.14 bits per heavy atom. The van der Waals surface area contributed by atoms with Crippen molar-refractivity contribution in [2.45, 2.75) is 18.0 Å². The van der Waals surface area contributed by atoms with Crippen molar-refractivity contribution >= 4 is 27.5 Å². The first-order chi connectivity index (χ1) is 13.4. The molecule has 1 fully saturated rings. The number of carbonyl (C=O) groups is 1. The summed E-state index contributed by atoms with van der Waals surface area (Å²) in [6, 6.07) is 9.70. The van der Waals surface area contributed by atoms with Gasteiger partial charge in [0.25, 0.3) is 5.56 Å². The maximum absolute atomic E-state index is 12.7. The molecule has 0 saturated carbocycles. The Hall–Kier alpha value is -2.20. The van der Waals surface area contributed by atoms with Crippen LogP contribution in [0.1, 0.15) is 5.56 Å². The van der Waals surface area contributed by atoms with Gasteiger partial charge >= 0.3 is 0 Å². The van der Waals surface area contributed by atoms with Crippen LogP contribution < -0.4 is 10.9 Å². The van der Waals surface area contributed by atoms with E-state index >= 15 is 0 Å². The number of hydrogen-bond acceptors (Lipinski definition) is 5. The van der Waals surface area contributed by atoms with E-state index in [9.17, 15) is 18.0 Å². The van der Waals surface area contributed by atoms with Gasteiger partial charge in [-0.1, -0.05) is 23.7 Å². The molecule has 1 N–H and O–H groups in total. The molecule has 1 aliphatic heterocycles. The molecule has 8 nitrogen and oxygen atoms in total. The number of morpholine rings is 1. The molecule has 1 amide bonds. The highest BCUT2D eigenvalue weighted by molar-refractivity contribution is 7.89. The van der Waals surface area contributed by atoms with Gasteiger partial charge in [0.05, 0.1) is 13.2 Å². The van der Waals surface area contributed by atoms with E-state index in [1.54, 1.807) is 24.3 Å². The van der Waals surface area contributed by atoms with Gasteiger partial charge < -0.3 is 14.6 Å². The molecule has 3 rings (SSSR count). The lowest BCUT2D eigenvalue weighted by Crippen LogP contribution is -2.43. The quantitative estimate of drug-likeness (QED) is 0.739. The van der Waals surface area contributed by atoms with Gasteiger partial charge in [-0.25, -0.2) is 8.42 Å². The first-order valence-corrected chi connectivity index (χ1v) is 10.5. The van der Waals surface area contributed by atoms with Crippen molar-refractivity contribution < 1.29 is 17.9 Å². The first kappa shape index (κ1) is 20.5. The van der Waals surface area contributed by atoms with Gasteiger partial charge in [-0.15, -0.1) is 0 Å². The maximum Gasteiger partial charge on any atom is 0.271 e. The summed E-state index contributed by atoms with van der Waals surface area (Å²) in [5.74, 6) is -0.405. The zero-order chi connectivity index (χ0) is 20.1. The third-order valence-corrected chi connectivity index (χ3v) is 6.45. The third-order valence-electron chi connectivity index (χ3n) is 4.29. The molecule has 2 heterocycles. The summed E-state index contributed by atoms with van der Waals surface area (Å²) in [6.45, 7) is 0.951. The van der Waals surface area contributed by atoms with Crippen LogP contribution in [0.4, 0.5) is 0 Å². The minimum Gasteiger partial charge on any atom is -0.379 e. The van der Waals surface area contributed by atoms with Crippen LogP contribution in [0.3, 0.4) is 0 Å². The predicted octanol–water partition coefficient (Wildman–Crippen LogP) is 0.839. The largest absolute Gasteiger partial charge is 0.379 e. The van der Waals surface area contributed by atoms with Crippen molar-refractivity contribution in [2.75, 3.05) is 26.3 Å². The zero-order valence-corrected chi connectivity index (χ0v) is 16.6. The normalized spacial score (nSPS) is 15.3. The Kier molecular flexibility index (Phi) is 6.50. The molecular weight excluding hydrogens is 406 g/mol. The molecule has 0 radical (unpaired) electrons. The number of carbonyl (C=O) groups excluding carboxylic acids is 1. The van der Waals surface area contributed by atoms with Crippen LogP contribution in [0.25, 0.3) is 0 Å². The molecule has 2 aromatic rings. The topological polar surface area (TPSA) is 97.7 Å². The number of halogens is 1. The van der Waals surface area contributed by atoms with Gasteiger partial charge in [-0.2, -0.15) is 4.31 Å². The fourth-order valence-electron chi connectivity index (χ4n) is 2.78. The first-order valence-electron chi connectivity index (χ1n) is 8.66. The lowest BCUT2D eigenvalue weighted by molar-refractivity contribution is -0.121. The molecule has 1 aromatic heterocycles. The van der Waals surface area contributed by atoms with E-state index in [0.29, 0.717) is 5.02 Å². The number of aromatic nitrogens is 1. The standard InChI is InChI=1S/C18H20ClN3O5S/c19-15-5-3-14(4-6-15)12-20-17(23)13-21-7-1-2-16(18(21)24)28(25,26)22-8-10-27-11-9-22/h1-7H,8-13H2,(H,20,23). The molecule has 0 aliphatic carbocycles. The fourth-order valence-corrected chi connectivity index (χ4v) is 4.40. The second-order valence-electron chi connectivity index (χ2n) is 6.23. The summed E-state index contributed by atoms with van der Waals surface area (Å²) in [4.78, 5) is 24.5. The van der Waals surface area contributed by atoms with Crippen molar-refractivity contribution in [2.24, 2.45) is 0 Å². The summed E-state index contributed by atoms with van der Waals surface area (Å²) in [5, 5.41) is 3.29. The number of amides is 1. The highest BCUT2D eigenvalue weighted by Gasteiger charge is 2.29. The predicted molar refractivity (Wildman–Crippen MR) is 104 cm³/mol. The van der Waals surface area contributed by atoms with Crippen molar-refractivity contribution in [1.29, 1.82) is 0 Å². The van der Waals surface area contributed by atoms with E-state index in [4.69, 9.17) is 16.3 Å². The van der Waals surface area contributed by atoms with E-state index in [0.717, 1.165) is 10.1 Å². The molecule has 1 aromatic carbocycles. The van der Waals surface area contributed by atoms with Crippen LogP contribution in [0, 0.1) is 0 Å². The van der Waals surface area contributed by atoms with E-state index < -0.39 is 21.5 Å². The highest BCUT2D eigenvalue weighted by atomic mass is 35.5. The third kappa shape index (κ3) is 4.79. The number of sulfonamides is 1. The van der Waals surface area contributed by atoms with Crippen molar-refractivity contribution in [3.8, 4) is 0 Å². The molecule has 0 atom stereocenters. The molecule has 0 bridgehead atoms. The average molecular weight is 426 g/mol. The second-order valence-corrected chi connectivity index (χ2v) is 8.57. The second kappa shape index (κ2) is 8.87. The summed E-state index contributed by atoms with van der Waals surface area (Å²) >= 11 is 5.82. The highest BCUT2D eigenvalue weighted by Crippen LogP contribution is 2.13. The summed E-state index contributed by atoms with van der Waals surface area (Å²) in [7, 11) is -3.93. The number of nitrogens with zero attached hydrogens (tertiary/aromatic N) is 2. The molecule has 1 aliphatic rings. The monoisotopic (exact) mass is 425 g/mol.